The van der Waals surface area contributed by atoms with E-state index in [2.05, 4.69) is 6.92 Å². The molecule has 0 bridgehead atoms. The van der Waals surface area contributed by atoms with Crippen molar-refractivity contribution in [2.24, 2.45) is 4.99 Å². The van der Waals surface area contributed by atoms with E-state index in [0.29, 0.717) is 43.3 Å². The third-order valence-corrected chi connectivity index (χ3v) is 8.73. The molecule has 9 heteroatoms. The normalized spacial score (nSPS) is 17.2. The molecular formula is C33H28ClN3O4S. The van der Waals surface area contributed by atoms with Crippen LogP contribution in [0.3, 0.4) is 0 Å². The number of halogens is 1. The van der Waals surface area contributed by atoms with Crippen molar-refractivity contribution in [3.8, 4) is 0 Å². The van der Waals surface area contributed by atoms with Crippen molar-refractivity contribution in [3.63, 3.8) is 0 Å². The lowest BCUT2D eigenvalue weighted by molar-refractivity contribution is -0.138. The number of unbranched alkanes of at least 4 members (excludes halogenated alkanes) is 1. The number of benzene rings is 3. The molecule has 6 rings (SSSR count). The average Bonchev–Trinajstić information content (AvgIpc) is 3.48. The standard InChI is InChI=1S/C33H28ClN3O4S/c1-3-5-19-36-24-14-10-9-13-23(24)25(30(36)38)29-31(39)37-28(21-15-17-22(34)18-16-21)26(32(40)41-4-2)27(35-33(37)42-29)20-11-7-6-8-12-20/h6-18,28H,3-5,19H2,1-2H3/b29-25+/t28-/m0/s1. The van der Waals surface area contributed by atoms with E-state index in [1.807, 2.05) is 54.6 Å². The van der Waals surface area contributed by atoms with Gasteiger partial charge in [-0.1, -0.05) is 96.9 Å². The van der Waals surface area contributed by atoms with Crippen molar-refractivity contribution in [2.45, 2.75) is 32.7 Å². The molecule has 7 nitrogen and oxygen atoms in total. The molecule has 0 fully saturated rings. The number of carbonyl (C=O) groups is 2. The molecule has 2 aliphatic rings. The number of hydrogen-bond acceptors (Lipinski definition) is 6. The van der Waals surface area contributed by atoms with Gasteiger partial charge in [-0.15, -0.1) is 0 Å². The van der Waals surface area contributed by atoms with Gasteiger partial charge in [-0.25, -0.2) is 9.79 Å². The zero-order valence-electron chi connectivity index (χ0n) is 23.2. The Labute approximate surface area is 251 Å². The number of para-hydroxylation sites is 1. The number of thiazole rings is 1. The minimum Gasteiger partial charge on any atom is -0.463 e. The molecule has 3 aromatic carbocycles. The summed E-state index contributed by atoms with van der Waals surface area (Å²) in [4.78, 5) is 49.0. The Hall–Kier alpha value is -4.27. The maximum absolute atomic E-state index is 14.4. The quantitative estimate of drug-likeness (QED) is 0.278. The summed E-state index contributed by atoms with van der Waals surface area (Å²) in [7, 11) is 0. The van der Waals surface area contributed by atoms with Crippen LogP contribution in [0.5, 0.6) is 0 Å². The molecule has 4 aromatic rings. The maximum atomic E-state index is 14.4. The van der Waals surface area contributed by atoms with Crippen LogP contribution >= 0.6 is 22.9 Å². The molecular weight excluding hydrogens is 570 g/mol. The van der Waals surface area contributed by atoms with Crippen molar-refractivity contribution in [2.75, 3.05) is 18.1 Å². The Bertz CT molecular complexity index is 1910. The number of aromatic nitrogens is 1. The van der Waals surface area contributed by atoms with Crippen LogP contribution in [0.25, 0.3) is 11.3 Å². The summed E-state index contributed by atoms with van der Waals surface area (Å²) in [6.45, 7) is 4.54. The number of rotatable bonds is 7. The lowest BCUT2D eigenvalue weighted by Gasteiger charge is -2.26. The van der Waals surface area contributed by atoms with Crippen molar-refractivity contribution >= 4 is 51.8 Å². The Morgan fingerprint density at radius 3 is 2.40 bits per heavy atom. The Kier molecular flexibility index (Phi) is 7.66. The van der Waals surface area contributed by atoms with Gasteiger partial charge < -0.3 is 9.64 Å². The first-order chi connectivity index (χ1) is 20.4. The van der Waals surface area contributed by atoms with Crippen LogP contribution in [0.4, 0.5) is 5.69 Å². The fraction of sp³-hybridized carbons (Fsp3) is 0.212. The van der Waals surface area contributed by atoms with Crippen LogP contribution in [-0.2, 0) is 14.3 Å². The summed E-state index contributed by atoms with van der Waals surface area (Å²) >= 11 is 7.39. The van der Waals surface area contributed by atoms with E-state index in [1.54, 1.807) is 36.1 Å². The third-order valence-electron chi connectivity index (χ3n) is 7.42. The van der Waals surface area contributed by atoms with Gasteiger partial charge in [0.15, 0.2) is 4.80 Å². The minimum atomic E-state index is -0.843. The molecule has 212 valence electrons. The van der Waals surface area contributed by atoms with Crippen LogP contribution in [0, 0.1) is 0 Å². The predicted octanol–water partition coefficient (Wildman–Crippen LogP) is 5.11. The van der Waals surface area contributed by atoms with Crippen molar-refractivity contribution in [1.29, 1.82) is 0 Å². The van der Waals surface area contributed by atoms with Gasteiger partial charge in [0.05, 0.1) is 35.2 Å². The number of ether oxygens (including phenoxy) is 1. The highest BCUT2D eigenvalue weighted by Crippen LogP contribution is 2.37. The minimum absolute atomic E-state index is 0.158. The van der Waals surface area contributed by atoms with Crippen molar-refractivity contribution in [3.05, 3.63) is 126 Å². The number of carbonyl (C=O) groups excluding carboxylic acids is 2. The summed E-state index contributed by atoms with van der Waals surface area (Å²) in [6.07, 6.45) is 1.78. The maximum Gasteiger partial charge on any atom is 0.338 e. The molecule has 0 radical (unpaired) electrons. The lowest BCUT2D eigenvalue weighted by atomic mass is 9.93. The summed E-state index contributed by atoms with van der Waals surface area (Å²) in [5.41, 5.74) is 3.56. The number of esters is 1. The van der Waals surface area contributed by atoms with Crippen LogP contribution in [-0.4, -0.2) is 29.6 Å². The van der Waals surface area contributed by atoms with E-state index < -0.39 is 12.0 Å². The van der Waals surface area contributed by atoms with Gasteiger partial charge in [0.25, 0.3) is 11.5 Å². The highest BCUT2D eigenvalue weighted by Gasteiger charge is 2.38. The van der Waals surface area contributed by atoms with Gasteiger partial charge in [0.1, 0.15) is 4.53 Å². The fourth-order valence-electron chi connectivity index (χ4n) is 5.49. The Morgan fingerprint density at radius 1 is 0.976 bits per heavy atom. The zero-order chi connectivity index (χ0) is 29.4. The van der Waals surface area contributed by atoms with E-state index in [4.69, 9.17) is 21.3 Å². The smallest absolute Gasteiger partial charge is 0.338 e. The van der Waals surface area contributed by atoms with E-state index in [1.165, 1.54) is 15.9 Å². The predicted molar refractivity (Wildman–Crippen MR) is 165 cm³/mol. The largest absolute Gasteiger partial charge is 0.463 e. The second-order valence-corrected chi connectivity index (χ2v) is 11.4. The van der Waals surface area contributed by atoms with E-state index in [-0.39, 0.29) is 23.6 Å². The summed E-state index contributed by atoms with van der Waals surface area (Å²) < 4.78 is 7.33. The number of anilines is 1. The van der Waals surface area contributed by atoms with Crippen molar-refractivity contribution in [1.82, 2.24) is 4.57 Å². The molecule has 0 N–H and O–H groups in total. The van der Waals surface area contributed by atoms with Gasteiger partial charge in [-0.05, 0) is 37.1 Å². The first-order valence-corrected chi connectivity index (χ1v) is 15.1. The Balaban J connectivity index is 1.68. The van der Waals surface area contributed by atoms with E-state index in [9.17, 15) is 14.4 Å². The van der Waals surface area contributed by atoms with Gasteiger partial charge in [-0.3, -0.25) is 14.2 Å². The molecule has 1 aromatic heterocycles. The molecule has 0 aliphatic carbocycles. The number of amides is 1. The van der Waals surface area contributed by atoms with Gasteiger partial charge in [-0.2, -0.15) is 0 Å². The van der Waals surface area contributed by atoms with Crippen molar-refractivity contribution < 1.29 is 14.3 Å². The molecule has 2 aliphatic heterocycles. The van der Waals surface area contributed by atoms with Gasteiger partial charge in [0, 0.05) is 22.7 Å². The molecule has 0 saturated carbocycles. The van der Waals surface area contributed by atoms with Crippen LogP contribution in [0.15, 0.2) is 94.2 Å². The number of fused-ring (bicyclic) bond motifs is 2. The molecule has 1 amide bonds. The van der Waals surface area contributed by atoms with Crippen LogP contribution in [0.2, 0.25) is 5.02 Å². The molecule has 0 unspecified atom stereocenters. The van der Waals surface area contributed by atoms with Crippen LogP contribution < -0.4 is 19.8 Å². The zero-order valence-corrected chi connectivity index (χ0v) is 24.7. The van der Waals surface area contributed by atoms with Gasteiger partial charge in [0.2, 0.25) is 0 Å². The monoisotopic (exact) mass is 597 g/mol. The molecule has 3 heterocycles. The molecule has 42 heavy (non-hydrogen) atoms. The summed E-state index contributed by atoms with van der Waals surface area (Å²) in [5, 5.41) is 0.527. The van der Waals surface area contributed by atoms with Gasteiger partial charge >= 0.3 is 5.97 Å². The SMILES string of the molecule is CCCCN1C(=O)/C(=c2/sc3n(c2=O)[C@@H](c2ccc(Cl)cc2)C(C(=O)OCC)=C(c2ccccc2)N=3)c2ccccc21. The number of hydrogen-bond donors (Lipinski definition) is 0. The second kappa shape index (κ2) is 11.5. The lowest BCUT2D eigenvalue weighted by Crippen LogP contribution is -2.41. The summed E-state index contributed by atoms with van der Waals surface area (Å²) in [6, 6.07) is 23.1. The first kappa shape index (κ1) is 27.9. The third kappa shape index (κ3) is 4.70. The average molecular weight is 598 g/mol. The summed E-state index contributed by atoms with van der Waals surface area (Å²) in [5.74, 6) is -0.767. The topological polar surface area (TPSA) is 81.0 Å². The first-order valence-electron chi connectivity index (χ1n) is 13.9. The van der Waals surface area contributed by atoms with E-state index >= 15 is 0 Å². The van der Waals surface area contributed by atoms with Crippen LogP contribution in [0.1, 0.15) is 49.4 Å². The molecule has 0 saturated heterocycles. The fourth-order valence-corrected chi connectivity index (χ4v) is 6.71. The Morgan fingerprint density at radius 2 is 1.69 bits per heavy atom. The number of nitrogens with zero attached hydrogens (tertiary/aromatic N) is 3. The molecule has 0 spiro atoms. The molecule has 1 atom stereocenters. The highest BCUT2D eigenvalue weighted by atomic mass is 35.5. The highest BCUT2D eigenvalue weighted by molar-refractivity contribution is 7.07. The second-order valence-electron chi connectivity index (χ2n) is 10.0. The van der Waals surface area contributed by atoms with E-state index in [0.717, 1.165) is 24.1 Å².